The summed E-state index contributed by atoms with van der Waals surface area (Å²) in [7, 11) is 3.45. The van der Waals surface area contributed by atoms with Crippen LogP contribution in [0.5, 0.6) is 0 Å². The van der Waals surface area contributed by atoms with Crippen molar-refractivity contribution in [3.63, 3.8) is 0 Å². The minimum Gasteiger partial charge on any atom is -0.395 e. The number of carbonyl (C=O) groups excluding carboxylic acids is 1. The van der Waals surface area contributed by atoms with Crippen LogP contribution >= 0.6 is 0 Å². The average Bonchev–Trinajstić information content (AvgIpc) is 3.68. The van der Waals surface area contributed by atoms with E-state index in [2.05, 4.69) is 75.5 Å². The van der Waals surface area contributed by atoms with Crippen molar-refractivity contribution in [2.24, 2.45) is 0 Å². The summed E-state index contributed by atoms with van der Waals surface area (Å²) >= 11 is 0. The zero-order valence-electron chi connectivity index (χ0n) is 26.5. The quantitative estimate of drug-likeness (QED) is 0.203. The monoisotopic (exact) mass is 606 g/mol. The predicted octanol–water partition coefficient (Wildman–Crippen LogP) is 5.54. The van der Waals surface area contributed by atoms with Crippen LogP contribution in [-0.4, -0.2) is 99.0 Å². The minimum atomic E-state index is -0.194. The topological polar surface area (TPSA) is 106 Å². The van der Waals surface area contributed by atoms with E-state index in [-0.39, 0.29) is 18.7 Å². The Hall–Kier alpha value is -4.51. The number of carbonyl (C=O) groups is 1. The van der Waals surface area contributed by atoms with Gasteiger partial charge in [0, 0.05) is 94.0 Å². The second kappa shape index (κ2) is 13.2. The number of benzene rings is 2. The number of rotatable bonds is 9. The first-order valence-corrected chi connectivity index (χ1v) is 15.6. The van der Waals surface area contributed by atoms with Crippen molar-refractivity contribution in [3.8, 4) is 33.6 Å². The number of H-pyrrole nitrogens is 1. The number of fused-ring (bicyclic) bond motifs is 1. The van der Waals surface area contributed by atoms with Crippen molar-refractivity contribution in [1.29, 1.82) is 0 Å². The molecule has 4 heterocycles. The Morgan fingerprint density at radius 3 is 2.42 bits per heavy atom. The SMILES string of the molecule is CC(C)n1cc(-c2ccnc3[nH]c(-c4ccc(CN5CCN(CCO)CC5)cc4)cc23)c(-c2ccccc2NC(=O)N(C)C)n1. The summed E-state index contributed by atoms with van der Waals surface area (Å²) in [5, 5.41) is 18.3. The lowest BCUT2D eigenvalue weighted by Gasteiger charge is -2.34. The van der Waals surface area contributed by atoms with Crippen LogP contribution in [0.15, 0.2) is 73.1 Å². The molecule has 3 aromatic heterocycles. The Morgan fingerprint density at radius 2 is 1.71 bits per heavy atom. The van der Waals surface area contributed by atoms with Crippen molar-refractivity contribution in [3.05, 3.63) is 78.6 Å². The van der Waals surface area contributed by atoms with E-state index in [1.165, 1.54) is 10.5 Å². The third-order valence-electron chi connectivity index (χ3n) is 8.47. The maximum atomic E-state index is 12.6. The first kappa shape index (κ1) is 30.5. The zero-order chi connectivity index (χ0) is 31.5. The number of aromatic amines is 1. The number of hydrogen-bond donors (Lipinski definition) is 3. The summed E-state index contributed by atoms with van der Waals surface area (Å²) in [6.45, 7) is 10.1. The van der Waals surface area contributed by atoms with Gasteiger partial charge < -0.3 is 20.3 Å². The average molecular weight is 607 g/mol. The highest BCUT2D eigenvalue weighted by Gasteiger charge is 2.21. The first-order valence-electron chi connectivity index (χ1n) is 15.6. The number of aromatic nitrogens is 4. The van der Waals surface area contributed by atoms with E-state index >= 15 is 0 Å². The van der Waals surface area contributed by atoms with Gasteiger partial charge in [0.05, 0.1) is 12.3 Å². The molecule has 1 saturated heterocycles. The van der Waals surface area contributed by atoms with Gasteiger partial charge in [-0.25, -0.2) is 9.78 Å². The van der Waals surface area contributed by atoms with Crippen molar-refractivity contribution >= 4 is 22.8 Å². The van der Waals surface area contributed by atoms with Crippen LogP contribution in [0.4, 0.5) is 10.5 Å². The molecule has 0 unspecified atom stereocenters. The molecule has 0 radical (unpaired) electrons. The second-order valence-electron chi connectivity index (χ2n) is 12.2. The largest absolute Gasteiger partial charge is 0.395 e. The van der Waals surface area contributed by atoms with Gasteiger partial charge in [0.1, 0.15) is 11.3 Å². The summed E-state index contributed by atoms with van der Waals surface area (Å²) in [6, 6.07) is 20.7. The number of hydrogen-bond acceptors (Lipinski definition) is 6. The number of β-amino-alcohol motifs (C(OH)–C–C–N with tert-alkyl or cyclic N) is 1. The second-order valence-corrected chi connectivity index (χ2v) is 12.2. The lowest BCUT2D eigenvalue weighted by molar-refractivity contribution is 0.108. The molecule has 0 aliphatic carbocycles. The molecular weight excluding hydrogens is 564 g/mol. The van der Waals surface area contributed by atoms with Crippen LogP contribution in [0.3, 0.4) is 0 Å². The van der Waals surface area contributed by atoms with Crippen molar-refractivity contribution in [1.82, 2.24) is 34.4 Å². The van der Waals surface area contributed by atoms with E-state index in [1.807, 2.05) is 41.2 Å². The molecule has 10 heteroatoms. The van der Waals surface area contributed by atoms with E-state index in [0.29, 0.717) is 5.69 Å². The van der Waals surface area contributed by atoms with E-state index in [1.54, 1.807) is 14.1 Å². The van der Waals surface area contributed by atoms with Crippen LogP contribution in [-0.2, 0) is 6.54 Å². The number of amides is 2. The molecule has 1 aliphatic rings. The Morgan fingerprint density at radius 1 is 0.978 bits per heavy atom. The molecule has 3 N–H and O–H groups in total. The molecule has 2 aromatic carbocycles. The van der Waals surface area contributed by atoms with Gasteiger partial charge in [0.2, 0.25) is 0 Å². The molecule has 2 amide bonds. The van der Waals surface area contributed by atoms with E-state index in [9.17, 15) is 9.90 Å². The summed E-state index contributed by atoms with van der Waals surface area (Å²) < 4.78 is 1.97. The number of nitrogens with zero attached hydrogens (tertiary/aromatic N) is 6. The highest BCUT2D eigenvalue weighted by Crippen LogP contribution is 2.39. The van der Waals surface area contributed by atoms with Crippen molar-refractivity contribution < 1.29 is 9.90 Å². The smallest absolute Gasteiger partial charge is 0.321 e. The molecule has 45 heavy (non-hydrogen) atoms. The van der Waals surface area contributed by atoms with Crippen LogP contribution < -0.4 is 5.32 Å². The molecule has 0 atom stereocenters. The number of piperazine rings is 1. The van der Waals surface area contributed by atoms with Crippen LogP contribution in [0.1, 0.15) is 25.5 Å². The number of aliphatic hydroxyl groups excluding tert-OH is 1. The maximum Gasteiger partial charge on any atom is 0.321 e. The molecule has 234 valence electrons. The molecular formula is C35H42N8O2. The van der Waals surface area contributed by atoms with Crippen molar-refractivity contribution in [2.45, 2.75) is 26.4 Å². The molecule has 6 rings (SSSR count). The number of nitrogens with one attached hydrogen (secondary N) is 2. The predicted molar refractivity (Wildman–Crippen MR) is 180 cm³/mol. The van der Waals surface area contributed by atoms with Crippen LogP contribution in [0.2, 0.25) is 0 Å². The van der Waals surface area contributed by atoms with Crippen LogP contribution in [0.25, 0.3) is 44.7 Å². The first-order chi connectivity index (χ1) is 21.8. The molecule has 10 nitrogen and oxygen atoms in total. The van der Waals surface area contributed by atoms with E-state index in [4.69, 9.17) is 5.10 Å². The number of pyridine rings is 1. The highest BCUT2D eigenvalue weighted by molar-refractivity contribution is 6.01. The summed E-state index contributed by atoms with van der Waals surface area (Å²) in [4.78, 5) is 27.1. The van der Waals surface area contributed by atoms with Gasteiger partial charge >= 0.3 is 6.03 Å². The van der Waals surface area contributed by atoms with Gasteiger partial charge in [-0.15, -0.1) is 0 Å². The molecule has 0 bridgehead atoms. The van der Waals surface area contributed by atoms with Gasteiger partial charge in [0.25, 0.3) is 0 Å². The highest BCUT2D eigenvalue weighted by atomic mass is 16.3. The van der Waals surface area contributed by atoms with Gasteiger partial charge in [0.15, 0.2) is 0 Å². The zero-order valence-corrected chi connectivity index (χ0v) is 26.5. The Kier molecular flexibility index (Phi) is 8.97. The van der Waals surface area contributed by atoms with Crippen molar-refractivity contribution in [2.75, 3.05) is 58.7 Å². The summed E-state index contributed by atoms with van der Waals surface area (Å²) in [5.74, 6) is 0. The third kappa shape index (κ3) is 6.63. The van der Waals surface area contributed by atoms with Gasteiger partial charge in [-0.3, -0.25) is 14.5 Å². The Labute approximate surface area is 264 Å². The minimum absolute atomic E-state index is 0.156. The van der Waals surface area contributed by atoms with E-state index in [0.717, 1.165) is 83.9 Å². The molecule has 1 fully saturated rings. The van der Waals surface area contributed by atoms with E-state index < -0.39 is 0 Å². The summed E-state index contributed by atoms with van der Waals surface area (Å²) in [5.41, 5.74) is 8.57. The van der Waals surface area contributed by atoms with Gasteiger partial charge in [-0.1, -0.05) is 42.5 Å². The standard InChI is InChI=1S/C35H42N8O2/c1-24(2)43-23-30(33(39-43)28-7-5-6-8-31(28)38-35(45)40(3)4)27-13-14-36-34-29(27)21-32(37-34)26-11-9-25(10-12-26)22-42-17-15-41(16-18-42)19-20-44/h5-14,21,23-24,44H,15-20,22H2,1-4H3,(H,36,37)(H,38,45). The van der Waals surface area contributed by atoms with Gasteiger partial charge in [-0.2, -0.15) is 5.10 Å². The molecule has 5 aromatic rings. The summed E-state index contributed by atoms with van der Waals surface area (Å²) in [6.07, 6.45) is 3.92. The Bertz CT molecular complexity index is 1760. The Balaban J connectivity index is 1.31. The molecule has 1 aliphatic heterocycles. The maximum absolute atomic E-state index is 12.6. The number of anilines is 1. The normalized spacial score (nSPS) is 14.4. The van der Waals surface area contributed by atoms with Crippen LogP contribution in [0, 0.1) is 0 Å². The lowest BCUT2D eigenvalue weighted by Crippen LogP contribution is -2.46. The lowest BCUT2D eigenvalue weighted by atomic mass is 9.99. The fourth-order valence-corrected chi connectivity index (χ4v) is 5.86. The molecule has 0 spiro atoms. The number of urea groups is 1. The third-order valence-corrected chi connectivity index (χ3v) is 8.47. The fourth-order valence-electron chi connectivity index (χ4n) is 5.86. The van der Waals surface area contributed by atoms with Gasteiger partial charge in [-0.05, 0) is 48.7 Å². The fraction of sp³-hybridized carbons (Fsp3) is 0.343. The number of para-hydroxylation sites is 1. The molecule has 0 saturated carbocycles. The number of aliphatic hydroxyl groups is 1.